The maximum absolute atomic E-state index is 6.22. The lowest BCUT2D eigenvalue weighted by molar-refractivity contribution is 0.249. The fourth-order valence-corrected chi connectivity index (χ4v) is 2.55. The van der Waals surface area contributed by atoms with Crippen LogP contribution in [0.2, 0.25) is 10.0 Å². The lowest BCUT2D eigenvalue weighted by Gasteiger charge is -2.10. The normalized spacial score (nSPS) is 14.0. The topological polar surface area (TPSA) is 56.9 Å². The van der Waals surface area contributed by atoms with Crippen LogP contribution in [-0.4, -0.2) is 24.2 Å². The number of ether oxygens (including phenoxy) is 2. The summed E-state index contributed by atoms with van der Waals surface area (Å²) in [5, 5.41) is 4.58. The molecule has 0 aliphatic carbocycles. The van der Waals surface area contributed by atoms with E-state index in [1.54, 1.807) is 18.2 Å². The Hall–Kier alpha value is -1.72. The van der Waals surface area contributed by atoms with Gasteiger partial charge in [-0.05, 0) is 19.1 Å². The van der Waals surface area contributed by atoms with Gasteiger partial charge in [0.15, 0.2) is 11.5 Å². The molecule has 3 rings (SSSR count). The maximum atomic E-state index is 6.22. The standard InChI is InChI=1S/C14H12Cl2N2O3/c1-8-4-10(21-18-8)7-20-13-11(15)5-9(6-12(13)16)14-17-2-3-19-14/h4-6H,2-3,7H2,1H3. The molecule has 0 unspecified atom stereocenters. The van der Waals surface area contributed by atoms with Gasteiger partial charge in [0.1, 0.15) is 13.2 Å². The minimum atomic E-state index is 0.205. The second kappa shape index (κ2) is 5.95. The molecule has 0 amide bonds. The molecule has 1 aliphatic heterocycles. The van der Waals surface area contributed by atoms with Gasteiger partial charge in [0.25, 0.3) is 0 Å². The Balaban J connectivity index is 1.79. The Morgan fingerprint density at radius 1 is 1.24 bits per heavy atom. The maximum Gasteiger partial charge on any atom is 0.216 e. The van der Waals surface area contributed by atoms with E-state index in [0.717, 1.165) is 11.3 Å². The van der Waals surface area contributed by atoms with Gasteiger partial charge in [-0.1, -0.05) is 28.4 Å². The monoisotopic (exact) mass is 326 g/mol. The van der Waals surface area contributed by atoms with E-state index in [9.17, 15) is 0 Å². The summed E-state index contributed by atoms with van der Waals surface area (Å²) in [7, 11) is 0. The van der Waals surface area contributed by atoms with Crippen LogP contribution < -0.4 is 4.74 Å². The third-order valence-electron chi connectivity index (χ3n) is 2.87. The fraction of sp³-hybridized carbons (Fsp3) is 0.286. The summed E-state index contributed by atoms with van der Waals surface area (Å²) in [4.78, 5) is 4.23. The zero-order chi connectivity index (χ0) is 14.8. The number of nitrogens with zero attached hydrogens (tertiary/aromatic N) is 2. The molecule has 1 aliphatic rings. The van der Waals surface area contributed by atoms with Crippen LogP contribution in [0.1, 0.15) is 17.0 Å². The van der Waals surface area contributed by atoms with E-state index in [4.69, 9.17) is 37.2 Å². The molecule has 0 saturated heterocycles. The van der Waals surface area contributed by atoms with Gasteiger partial charge in [-0.2, -0.15) is 0 Å². The molecular formula is C14H12Cl2N2O3. The molecular weight excluding hydrogens is 315 g/mol. The van der Waals surface area contributed by atoms with Crippen molar-refractivity contribution in [3.8, 4) is 5.75 Å². The molecule has 0 bridgehead atoms. The lowest BCUT2D eigenvalue weighted by atomic mass is 10.2. The van der Waals surface area contributed by atoms with Crippen LogP contribution in [0.5, 0.6) is 5.75 Å². The quantitative estimate of drug-likeness (QED) is 0.860. The van der Waals surface area contributed by atoms with Crippen molar-refractivity contribution in [1.29, 1.82) is 0 Å². The first kappa shape index (κ1) is 14.2. The van der Waals surface area contributed by atoms with Crippen molar-refractivity contribution in [3.63, 3.8) is 0 Å². The Kier molecular flexibility index (Phi) is 4.03. The zero-order valence-corrected chi connectivity index (χ0v) is 12.7. The van der Waals surface area contributed by atoms with Crippen molar-refractivity contribution in [3.05, 3.63) is 45.3 Å². The third kappa shape index (κ3) is 3.14. The van der Waals surface area contributed by atoms with Gasteiger partial charge in [0.2, 0.25) is 5.90 Å². The highest BCUT2D eigenvalue weighted by molar-refractivity contribution is 6.37. The summed E-state index contributed by atoms with van der Waals surface area (Å²) >= 11 is 12.4. The molecule has 7 heteroatoms. The molecule has 2 heterocycles. The number of rotatable bonds is 4. The van der Waals surface area contributed by atoms with E-state index in [2.05, 4.69) is 10.1 Å². The van der Waals surface area contributed by atoms with Gasteiger partial charge in [0.05, 0.1) is 22.3 Å². The van der Waals surface area contributed by atoms with Gasteiger partial charge in [-0.25, -0.2) is 4.99 Å². The Morgan fingerprint density at radius 3 is 2.57 bits per heavy atom. The average Bonchev–Trinajstić information content (AvgIpc) is 3.09. The zero-order valence-electron chi connectivity index (χ0n) is 11.2. The molecule has 0 fully saturated rings. The van der Waals surface area contributed by atoms with Gasteiger partial charge in [-0.3, -0.25) is 0 Å². The molecule has 0 spiro atoms. The minimum Gasteiger partial charge on any atom is -0.482 e. The molecule has 1 aromatic carbocycles. The predicted molar refractivity (Wildman–Crippen MR) is 79.4 cm³/mol. The van der Waals surface area contributed by atoms with Crippen LogP contribution in [0.3, 0.4) is 0 Å². The number of aliphatic imine (C=N–C) groups is 1. The van der Waals surface area contributed by atoms with Gasteiger partial charge >= 0.3 is 0 Å². The van der Waals surface area contributed by atoms with Crippen LogP contribution >= 0.6 is 23.2 Å². The van der Waals surface area contributed by atoms with Crippen molar-refractivity contribution in [2.24, 2.45) is 4.99 Å². The first-order chi connectivity index (χ1) is 10.1. The molecule has 5 nitrogen and oxygen atoms in total. The van der Waals surface area contributed by atoms with E-state index >= 15 is 0 Å². The predicted octanol–water partition coefficient (Wildman–Crippen LogP) is 3.65. The average molecular weight is 327 g/mol. The molecule has 110 valence electrons. The number of halogens is 2. The van der Waals surface area contributed by atoms with E-state index in [1.807, 2.05) is 6.92 Å². The Labute approximate surface area is 131 Å². The van der Waals surface area contributed by atoms with E-state index < -0.39 is 0 Å². The van der Waals surface area contributed by atoms with Gasteiger partial charge in [-0.15, -0.1) is 0 Å². The fourth-order valence-electron chi connectivity index (χ4n) is 1.96. The summed E-state index contributed by atoms with van der Waals surface area (Å²) < 4.78 is 16.1. The van der Waals surface area contributed by atoms with Crippen LogP contribution in [0.15, 0.2) is 27.7 Å². The van der Waals surface area contributed by atoms with E-state index in [1.165, 1.54) is 0 Å². The smallest absolute Gasteiger partial charge is 0.216 e. The number of hydrogen-bond acceptors (Lipinski definition) is 5. The van der Waals surface area contributed by atoms with Crippen molar-refractivity contribution in [2.75, 3.05) is 13.2 Å². The van der Waals surface area contributed by atoms with Crippen LogP contribution in [-0.2, 0) is 11.3 Å². The number of benzene rings is 1. The summed E-state index contributed by atoms with van der Waals surface area (Å²) in [6.07, 6.45) is 0. The first-order valence-electron chi connectivity index (χ1n) is 6.35. The van der Waals surface area contributed by atoms with Gasteiger partial charge in [0, 0.05) is 11.6 Å². The second-order valence-corrected chi connectivity index (χ2v) is 5.34. The summed E-state index contributed by atoms with van der Waals surface area (Å²) in [5.74, 6) is 1.55. The van der Waals surface area contributed by atoms with Crippen molar-refractivity contribution < 1.29 is 14.0 Å². The highest BCUT2D eigenvalue weighted by Gasteiger charge is 2.16. The van der Waals surface area contributed by atoms with Crippen molar-refractivity contribution >= 4 is 29.1 Å². The first-order valence-corrected chi connectivity index (χ1v) is 7.11. The Bertz CT molecular complexity index is 674. The highest BCUT2D eigenvalue weighted by Crippen LogP contribution is 2.35. The molecule has 21 heavy (non-hydrogen) atoms. The van der Waals surface area contributed by atoms with Crippen LogP contribution in [0, 0.1) is 6.92 Å². The van der Waals surface area contributed by atoms with Crippen molar-refractivity contribution in [1.82, 2.24) is 5.16 Å². The largest absolute Gasteiger partial charge is 0.482 e. The summed E-state index contributed by atoms with van der Waals surface area (Å²) in [6, 6.07) is 5.23. The lowest BCUT2D eigenvalue weighted by Crippen LogP contribution is -2.02. The number of aryl methyl sites for hydroxylation is 1. The molecule has 0 saturated carbocycles. The molecule has 0 N–H and O–H groups in total. The SMILES string of the molecule is Cc1cc(COc2c(Cl)cc(C3=NCCO3)cc2Cl)on1. The highest BCUT2D eigenvalue weighted by atomic mass is 35.5. The second-order valence-electron chi connectivity index (χ2n) is 4.53. The number of hydrogen-bond donors (Lipinski definition) is 0. The van der Waals surface area contributed by atoms with E-state index in [-0.39, 0.29) is 6.61 Å². The Morgan fingerprint density at radius 2 is 2.00 bits per heavy atom. The molecule has 2 aromatic rings. The number of aromatic nitrogens is 1. The summed E-state index contributed by atoms with van der Waals surface area (Å²) in [6.45, 7) is 3.27. The minimum absolute atomic E-state index is 0.205. The van der Waals surface area contributed by atoms with Crippen LogP contribution in [0.4, 0.5) is 0 Å². The molecule has 0 radical (unpaired) electrons. The van der Waals surface area contributed by atoms with E-state index in [0.29, 0.717) is 40.6 Å². The summed E-state index contributed by atoms with van der Waals surface area (Å²) in [5.41, 5.74) is 1.53. The third-order valence-corrected chi connectivity index (χ3v) is 3.43. The molecule has 0 atom stereocenters. The van der Waals surface area contributed by atoms with Crippen molar-refractivity contribution in [2.45, 2.75) is 13.5 Å². The van der Waals surface area contributed by atoms with Crippen LogP contribution in [0.25, 0.3) is 0 Å². The van der Waals surface area contributed by atoms with Gasteiger partial charge < -0.3 is 14.0 Å². The molecule has 1 aromatic heterocycles.